The molecule has 1 saturated heterocycles. The molecule has 1 amide bonds. The second-order valence-corrected chi connectivity index (χ2v) is 7.25. The van der Waals surface area contributed by atoms with E-state index in [9.17, 15) is 9.18 Å². The highest BCUT2D eigenvalue weighted by Gasteiger charge is 2.20. The minimum Gasteiger partial charge on any atom is -0.369 e. The smallest absolute Gasteiger partial charge is 0.231 e. The Morgan fingerprint density at radius 2 is 2.07 bits per heavy atom. The monoisotopic (exact) mass is 378 g/mol. The molecule has 0 aromatic heterocycles. The third kappa shape index (κ3) is 7.15. The Hall–Kier alpha value is -2.19. The zero-order chi connectivity index (χ0) is 19.8. The molecule has 0 spiro atoms. The van der Waals surface area contributed by atoms with Gasteiger partial charge in [-0.2, -0.15) is 0 Å². The molecule has 27 heavy (non-hydrogen) atoms. The summed E-state index contributed by atoms with van der Waals surface area (Å²) in [6.45, 7) is 3.13. The third-order valence-corrected chi connectivity index (χ3v) is 4.59. The Bertz CT molecular complexity index is 656. The van der Waals surface area contributed by atoms with E-state index in [1.54, 1.807) is 13.1 Å². The molecule has 7 nitrogen and oxygen atoms in total. The Kier molecular flexibility index (Phi) is 7.99. The van der Waals surface area contributed by atoms with Gasteiger partial charge in [0, 0.05) is 44.8 Å². The molecular weight excluding hydrogens is 347 g/mol. The van der Waals surface area contributed by atoms with Crippen LogP contribution in [-0.4, -0.2) is 68.5 Å². The maximum Gasteiger partial charge on any atom is 0.231 e. The van der Waals surface area contributed by atoms with Crippen molar-refractivity contribution < 1.29 is 9.18 Å². The maximum atomic E-state index is 13.9. The Labute approximate surface area is 160 Å². The summed E-state index contributed by atoms with van der Waals surface area (Å²) in [4.78, 5) is 19.3. The van der Waals surface area contributed by atoms with Crippen molar-refractivity contribution in [1.82, 2.24) is 20.4 Å². The average Bonchev–Trinajstić information content (AvgIpc) is 2.61. The minimum atomic E-state index is -0.285. The lowest BCUT2D eigenvalue weighted by Crippen LogP contribution is -2.49. The summed E-state index contributed by atoms with van der Waals surface area (Å²) in [5, 5.41) is 6.71. The second-order valence-electron chi connectivity index (χ2n) is 7.25. The van der Waals surface area contributed by atoms with Crippen LogP contribution >= 0.6 is 0 Å². The van der Waals surface area contributed by atoms with Crippen molar-refractivity contribution in [1.29, 1.82) is 0 Å². The standard InChI is InChI=1S/C19H31FN6O/c1-22-19(24-16-6-8-26(9-7-16)13-18(21)27)23-11-14-4-5-17(20)15(10-14)12-25(2)3/h4-5,10,16H,6-9,11-13H2,1-3H3,(H2,21,27)(H2,22,23,24). The van der Waals surface area contributed by atoms with Gasteiger partial charge in [0.1, 0.15) is 5.82 Å². The number of nitrogens with two attached hydrogens (primary N) is 1. The molecule has 1 fully saturated rings. The van der Waals surface area contributed by atoms with Crippen molar-refractivity contribution in [3.05, 3.63) is 35.1 Å². The van der Waals surface area contributed by atoms with Crippen LogP contribution in [0.25, 0.3) is 0 Å². The van der Waals surface area contributed by atoms with Crippen LogP contribution in [0.2, 0.25) is 0 Å². The summed E-state index contributed by atoms with van der Waals surface area (Å²) in [6.07, 6.45) is 1.86. The van der Waals surface area contributed by atoms with Crippen LogP contribution in [0.3, 0.4) is 0 Å². The number of amides is 1. The van der Waals surface area contributed by atoms with E-state index in [2.05, 4.69) is 20.5 Å². The van der Waals surface area contributed by atoms with Gasteiger partial charge in [-0.05, 0) is 44.6 Å². The minimum absolute atomic E-state index is 0.183. The van der Waals surface area contributed by atoms with Crippen LogP contribution in [0.15, 0.2) is 23.2 Å². The molecule has 2 rings (SSSR count). The predicted molar refractivity (Wildman–Crippen MR) is 106 cm³/mol. The van der Waals surface area contributed by atoms with Crippen molar-refractivity contribution in [2.75, 3.05) is 40.8 Å². The molecular formula is C19H31FN6O. The third-order valence-electron chi connectivity index (χ3n) is 4.59. The van der Waals surface area contributed by atoms with Gasteiger partial charge in [0.15, 0.2) is 5.96 Å². The van der Waals surface area contributed by atoms with Crippen LogP contribution in [-0.2, 0) is 17.9 Å². The first kappa shape index (κ1) is 21.1. The topological polar surface area (TPSA) is 86.0 Å². The SMILES string of the molecule is CN=C(NCc1ccc(F)c(CN(C)C)c1)NC1CCN(CC(N)=O)CC1. The number of aliphatic imine (C=N–C) groups is 1. The lowest BCUT2D eigenvalue weighted by Gasteiger charge is -2.32. The first-order valence-electron chi connectivity index (χ1n) is 9.27. The molecule has 0 unspecified atom stereocenters. The number of rotatable bonds is 7. The van der Waals surface area contributed by atoms with Crippen LogP contribution in [0.1, 0.15) is 24.0 Å². The molecule has 4 N–H and O–H groups in total. The van der Waals surface area contributed by atoms with Crippen molar-refractivity contribution in [3.8, 4) is 0 Å². The summed E-state index contributed by atoms with van der Waals surface area (Å²) < 4.78 is 13.9. The fourth-order valence-electron chi connectivity index (χ4n) is 3.23. The van der Waals surface area contributed by atoms with Gasteiger partial charge in [0.25, 0.3) is 0 Å². The zero-order valence-corrected chi connectivity index (χ0v) is 16.5. The number of likely N-dealkylation sites (tertiary alicyclic amines) is 1. The lowest BCUT2D eigenvalue weighted by atomic mass is 10.1. The molecule has 1 aromatic carbocycles. The highest BCUT2D eigenvalue weighted by atomic mass is 19.1. The van der Waals surface area contributed by atoms with Gasteiger partial charge in [0.05, 0.1) is 6.54 Å². The molecule has 150 valence electrons. The number of halogens is 1. The van der Waals surface area contributed by atoms with Crippen molar-refractivity contribution >= 4 is 11.9 Å². The van der Waals surface area contributed by atoms with Crippen LogP contribution in [0, 0.1) is 5.82 Å². The number of nitrogens with one attached hydrogen (secondary N) is 2. The van der Waals surface area contributed by atoms with Gasteiger partial charge in [-0.25, -0.2) is 4.39 Å². The molecule has 1 aliphatic heterocycles. The first-order chi connectivity index (χ1) is 12.9. The lowest BCUT2D eigenvalue weighted by molar-refractivity contribution is -0.119. The quantitative estimate of drug-likeness (QED) is 0.475. The van der Waals surface area contributed by atoms with Gasteiger partial charge < -0.3 is 21.3 Å². The van der Waals surface area contributed by atoms with E-state index in [1.807, 2.05) is 25.1 Å². The van der Waals surface area contributed by atoms with Crippen LogP contribution < -0.4 is 16.4 Å². The normalized spacial score (nSPS) is 16.6. The van der Waals surface area contributed by atoms with E-state index in [0.717, 1.165) is 37.5 Å². The molecule has 0 saturated carbocycles. The highest BCUT2D eigenvalue weighted by molar-refractivity contribution is 5.80. The average molecular weight is 378 g/mol. The summed E-state index contributed by atoms with van der Waals surface area (Å²) in [7, 11) is 5.58. The summed E-state index contributed by atoms with van der Waals surface area (Å²) in [5.74, 6) is 0.256. The highest BCUT2D eigenvalue weighted by Crippen LogP contribution is 2.13. The zero-order valence-electron chi connectivity index (χ0n) is 16.5. The summed E-state index contributed by atoms with van der Waals surface area (Å²) in [5.41, 5.74) is 6.94. The van der Waals surface area contributed by atoms with Gasteiger partial charge in [-0.15, -0.1) is 0 Å². The van der Waals surface area contributed by atoms with Crippen molar-refractivity contribution in [2.24, 2.45) is 10.7 Å². The van der Waals surface area contributed by atoms with Gasteiger partial charge in [-0.1, -0.05) is 6.07 Å². The number of nitrogens with zero attached hydrogens (tertiary/aromatic N) is 3. The maximum absolute atomic E-state index is 13.9. The predicted octanol–water partition coefficient (Wildman–Crippen LogP) is 0.502. The molecule has 0 bridgehead atoms. The van der Waals surface area contributed by atoms with Gasteiger partial charge in [0.2, 0.25) is 5.91 Å². The van der Waals surface area contributed by atoms with Crippen molar-refractivity contribution in [3.63, 3.8) is 0 Å². The molecule has 8 heteroatoms. The number of piperidine rings is 1. The number of carbonyl (C=O) groups excluding carboxylic acids is 1. The van der Waals surface area contributed by atoms with Gasteiger partial charge in [-0.3, -0.25) is 14.7 Å². The van der Waals surface area contributed by atoms with E-state index in [-0.39, 0.29) is 11.7 Å². The van der Waals surface area contributed by atoms with E-state index < -0.39 is 0 Å². The first-order valence-corrected chi connectivity index (χ1v) is 9.27. The van der Waals surface area contributed by atoms with Crippen LogP contribution in [0.4, 0.5) is 4.39 Å². The largest absolute Gasteiger partial charge is 0.369 e. The van der Waals surface area contributed by atoms with E-state index in [0.29, 0.717) is 31.2 Å². The number of hydrogen-bond acceptors (Lipinski definition) is 4. The number of benzene rings is 1. The molecule has 0 radical (unpaired) electrons. The molecule has 0 aliphatic carbocycles. The number of guanidine groups is 1. The number of carbonyl (C=O) groups is 1. The number of primary amides is 1. The summed E-state index contributed by atoms with van der Waals surface area (Å²) >= 11 is 0. The fraction of sp³-hybridized carbons (Fsp3) is 0.579. The Balaban J connectivity index is 1.83. The number of hydrogen-bond donors (Lipinski definition) is 3. The fourth-order valence-corrected chi connectivity index (χ4v) is 3.23. The van der Waals surface area contributed by atoms with E-state index in [1.165, 1.54) is 6.07 Å². The van der Waals surface area contributed by atoms with Crippen molar-refractivity contribution in [2.45, 2.75) is 32.0 Å². The molecule has 1 aromatic rings. The summed E-state index contributed by atoms with van der Waals surface area (Å²) in [6, 6.07) is 5.49. The van der Waals surface area contributed by atoms with Gasteiger partial charge >= 0.3 is 0 Å². The molecule has 1 heterocycles. The second kappa shape index (κ2) is 10.2. The Morgan fingerprint density at radius 3 is 2.67 bits per heavy atom. The Morgan fingerprint density at radius 1 is 1.37 bits per heavy atom. The molecule has 1 aliphatic rings. The van der Waals surface area contributed by atoms with E-state index >= 15 is 0 Å². The van der Waals surface area contributed by atoms with E-state index in [4.69, 9.17) is 5.73 Å². The molecule has 0 atom stereocenters. The van der Waals surface area contributed by atoms with Crippen LogP contribution in [0.5, 0.6) is 0 Å².